The summed E-state index contributed by atoms with van der Waals surface area (Å²) in [5.74, 6) is 1.37. The Hall–Kier alpha value is -0.920. The molecule has 0 aromatic rings. The van der Waals surface area contributed by atoms with Crippen molar-refractivity contribution < 1.29 is 9.59 Å². The first-order valence-electron chi connectivity index (χ1n) is 4.46. The molecule has 3 atom stereocenters. The Bertz CT molecular complexity index is 242. The molecule has 2 heteroatoms. The summed E-state index contributed by atoms with van der Waals surface area (Å²) in [5.41, 5.74) is 0. The number of hydrogen-bond acceptors (Lipinski definition) is 2. The number of hydrogen-bond donors (Lipinski definition) is 0. The maximum absolute atomic E-state index is 11.4. The predicted octanol–water partition coefficient (Wildman–Crippen LogP) is 1.36. The van der Waals surface area contributed by atoms with Gasteiger partial charge in [-0.25, -0.2) is 0 Å². The summed E-state index contributed by atoms with van der Waals surface area (Å²) in [6.45, 7) is 0. The van der Waals surface area contributed by atoms with Crippen molar-refractivity contribution in [2.75, 3.05) is 0 Å². The van der Waals surface area contributed by atoms with E-state index < -0.39 is 0 Å². The molecule has 0 aromatic carbocycles. The number of allylic oxidation sites excluding steroid dienone is 2. The van der Waals surface area contributed by atoms with Crippen LogP contribution in [0.25, 0.3) is 0 Å². The Kier molecular flexibility index (Phi) is 1.83. The van der Waals surface area contributed by atoms with E-state index in [2.05, 4.69) is 12.2 Å². The summed E-state index contributed by atoms with van der Waals surface area (Å²) in [6, 6.07) is 0. The fourth-order valence-corrected chi connectivity index (χ4v) is 2.38. The van der Waals surface area contributed by atoms with Crippen LogP contribution in [0.5, 0.6) is 0 Å². The molecule has 2 rings (SSSR count). The number of aldehydes is 1. The van der Waals surface area contributed by atoms with E-state index in [1.807, 2.05) is 0 Å². The van der Waals surface area contributed by atoms with E-state index >= 15 is 0 Å². The van der Waals surface area contributed by atoms with Gasteiger partial charge >= 0.3 is 0 Å². The van der Waals surface area contributed by atoms with Crippen LogP contribution in [0.4, 0.5) is 0 Å². The lowest BCUT2D eigenvalue weighted by Crippen LogP contribution is -2.18. The van der Waals surface area contributed by atoms with Crippen LogP contribution in [0.3, 0.4) is 0 Å². The monoisotopic (exact) mass is 164 g/mol. The minimum Gasteiger partial charge on any atom is -0.303 e. The summed E-state index contributed by atoms with van der Waals surface area (Å²) in [4.78, 5) is 21.5. The zero-order chi connectivity index (χ0) is 8.55. The van der Waals surface area contributed by atoms with Crippen molar-refractivity contribution >= 4 is 12.1 Å². The average Bonchev–Trinajstić information content (AvgIpc) is 2.64. The molecule has 0 spiro atoms. The van der Waals surface area contributed by atoms with Gasteiger partial charge in [-0.3, -0.25) is 4.79 Å². The van der Waals surface area contributed by atoms with Crippen molar-refractivity contribution in [2.24, 2.45) is 17.8 Å². The van der Waals surface area contributed by atoms with Gasteiger partial charge in [-0.2, -0.15) is 0 Å². The van der Waals surface area contributed by atoms with E-state index in [0.29, 0.717) is 11.8 Å². The molecule has 2 nitrogen and oxygen atoms in total. The second kappa shape index (κ2) is 2.85. The molecule has 0 amide bonds. The summed E-state index contributed by atoms with van der Waals surface area (Å²) >= 11 is 0. The molecule has 0 radical (unpaired) electrons. The number of carbonyl (C=O) groups is 2. The first-order chi connectivity index (χ1) is 5.81. The van der Waals surface area contributed by atoms with Gasteiger partial charge in [-0.05, 0) is 24.7 Å². The van der Waals surface area contributed by atoms with E-state index in [-0.39, 0.29) is 18.1 Å². The summed E-state index contributed by atoms with van der Waals surface area (Å²) in [7, 11) is 0. The molecule has 2 aliphatic carbocycles. The highest BCUT2D eigenvalue weighted by Gasteiger charge is 2.38. The van der Waals surface area contributed by atoms with E-state index in [1.54, 1.807) is 0 Å². The van der Waals surface area contributed by atoms with Gasteiger partial charge in [0.25, 0.3) is 0 Å². The van der Waals surface area contributed by atoms with Gasteiger partial charge in [0.2, 0.25) is 0 Å². The summed E-state index contributed by atoms with van der Waals surface area (Å²) < 4.78 is 0. The van der Waals surface area contributed by atoms with E-state index in [4.69, 9.17) is 0 Å². The standard InChI is InChI=1S/C10H12O2/c11-4-3-10(12)9-6-7-1-2-8(9)5-7/h1-2,4,7-9H,3,5-6H2. The van der Waals surface area contributed by atoms with Gasteiger partial charge in [0.1, 0.15) is 12.1 Å². The fraction of sp³-hybridized carbons (Fsp3) is 0.600. The Labute approximate surface area is 71.6 Å². The van der Waals surface area contributed by atoms with E-state index in [0.717, 1.165) is 19.1 Å². The Morgan fingerprint density at radius 2 is 2.25 bits per heavy atom. The van der Waals surface area contributed by atoms with Crippen molar-refractivity contribution in [3.63, 3.8) is 0 Å². The Morgan fingerprint density at radius 1 is 1.42 bits per heavy atom. The predicted molar refractivity (Wildman–Crippen MR) is 44.5 cm³/mol. The van der Waals surface area contributed by atoms with Crippen molar-refractivity contribution in [1.29, 1.82) is 0 Å². The van der Waals surface area contributed by atoms with Crippen LogP contribution in [-0.4, -0.2) is 12.1 Å². The summed E-state index contributed by atoms with van der Waals surface area (Å²) in [5, 5.41) is 0. The second-order valence-electron chi connectivity index (χ2n) is 3.72. The van der Waals surface area contributed by atoms with Crippen LogP contribution in [0.1, 0.15) is 19.3 Å². The van der Waals surface area contributed by atoms with Crippen LogP contribution in [-0.2, 0) is 9.59 Å². The van der Waals surface area contributed by atoms with Gasteiger partial charge in [-0.1, -0.05) is 12.2 Å². The summed E-state index contributed by atoms with van der Waals surface area (Å²) in [6.07, 6.45) is 7.29. The molecule has 0 aromatic heterocycles. The second-order valence-corrected chi connectivity index (χ2v) is 3.72. The molecule has 1 fully saturated rings. The quantitative estimate of drug-likeness (QED) is 0.358. The topological polar surface area (TPSA) is 34.1 Å². The maximum Gasteiger partial charge on any atom is 0.143 e. The third-order valence-corrected chi connectivity index (χ3v) is 2.98. The number of ketones is 1. The highest BCUT2D eigenvalue weighted by atomic mass is 16.1. The molecule has 3 unspecified atom stereocenters. The normalized spacial score (nSPS) is 37.2. The first-order valence-corrected chi connectivity index (χ1v) is 4.46. The Balaban J connectivity index is 2.02. The van der Waals surface area contributed by atoms with Crippen LogP contribution in [0.2, 0.25) is 0 Å². The molecule has 2 bridgehead atoms. The third-order valence-electron chi connectivity index (χ3n) is 2.98. The minimum absolute atomic E-state index is 0.113. The minimum atomic E-state index is 0.113. The van der Waals surface area contributed by atoms with Crippen LogP contribution in [0, 0.1) is 17.8 Å². The largest absolute Gasteiger partial charge is 0.303 e. The molecule has 64 valence electrons. The zero-order valence-corrected chi connectivity index (χ0v) is 6.90. The van der Waals surface area contributed by atoms with Crippen LogP contribution < -0.4 is 0 Å². The number of Topliss-reactive ketones (excluding diaryl/α,β-unsaturated/α-hetero) is 1. The van der Waals surface area contributed by atoms with E-state index in [1.165, 1.54) is 0 Å². The van der Waals surface area contributed by atoms with Gasteiger partial charge < -0.3 is 4.79 Å². The van der Waals surface area contributed by atoms with Crippen molar-refractivity contribution in [3.05, 3.63) is 12.2 Å². The smallest absolute Gasteiger partial charge is 0.143 e. The molecular formula is C10H12O2. The third kappa shape index (κ3) is 1.11. The molecule has 0 saturated heterocycles. The highest BCUT2D eigenvalue weighted by molar-refractivity contribution is 5.92. The number of fused-ring (bicyclic) bond motifs is 2. The van der Waals surface area contributed by atoms with Gasteiger partial charge in [0.15, 0.2) is 0 Å². The zero-order valence-electron chi connectivity index (χ0n) is 6.90. The lowest BCUT2D eigenvalue weighted by Gasteiger charge is -2.14. The van der Waals surface area contributed by atoms with E-state index in [9.17, 15) is 9.59 Å². The van der Waals surface area contributed by atoms with Crippen molar-refractivity contribution in [3.8, 4) is 0 Å². The van der Waals surface area contributed by atoms with Crippen LogP contribution in [0.15, 0.2) is 12.2 Å². The molecule has 1 saturated carbocycles. The lowest BCUT2D eigenvalue weighted by atomic mass is 9.88. The molecule has 0 aliphatic heterocycles. The highest BCUT2D eigenvalue weighted by Crippen LogP contribution is 2.43. The maximum atomic E-state index is 11.4. The molecule has 12 heavy (non-hydrogen) atoms. The van der Waals surface area contributed by atoms with Crippen LogP contribution >= 0.6 is 0 Å². The molecule has 0 heterocycles. The molecular weight excluding hydrogens is 152 g/mol. The Morgan fingerprint density at radius 3 is 2.75 bits per heavy atom. The number of carbonyl (C=O) groups excluding carboxylic acids is 2. The van der Waals surface area contributed by atoms with Gasteiger partial charge in [0, 0.05) is 5.92 Å². The fourth-order valence-electron chi connectivity index (χ4n) is 2.38. The lowest BCUT2D eigenvalue weighted by molar-refractivity contribution is -0.126. The SMILES string of the molecule is O=CCC(=O)C1CC2C=CC1C2. The number of rotatable bonds is 3. The molecule has 2 aliphatic rings. The molecule has 0 N–H and O–H groups in total. The van der Waals surface area contributed by atoms with Crippen molar-refractivity contribution in [2.45, 2.75) is 19.3 Å². The van der Waals surface area contributed by atoms with Gasteiger partial charge in [-0.15, -0.1) is 0 Å². The average molecular weight is 164 g/mol. The van der Waals surface area contributed by atoms with Gasteiger partial charge in [0.05, 0.1) is 6.42 Å². The van der Waals surface area contributed by atoms with Crippen molar-refractivity contribution in [1.82, 2.24) is 0 Å². The first kappa shape index (κ1) is 7.71.